The van der Waals surface area contributed by atoms with Crippen molar-refractivity contribution >= 4 is 26.0 Å². The molecule has 0 aliphatic carbocycles. The lowest BCUT2D eigenvalue weighted by Crippen LogP contribution is -2.41. The average molecular weight is 380 g/mol. The van der Waals surface area contributed by atoms with Gasteiger partial charge in [0.15, 0.2) is 0 Å². The molecule has 0 saturated heterocycles. The molecule has 0 unspecified atom stereocenters. The second kappa shape index (κ2) is 7.70. The molecule has 0 atom stereocenters. The Morgan fingerprint density at radius 1 is 1.19 bits per heavy atom. The van der Waals surface area contributed by atoms with Gasteiger partial charge in [-0.15, -0.1) is 0 Å². The molecule has 1 rings (SSSR count). The van der Waals surface area contributed by atoms with Gasteiger partial charge in [-0.1, -0.05) is 29.8 Å². The van der Waals surface area contributed by atoms with Crippen molar-refractivity contribution in [1.29, 1.82) is 0 Å². The highest BCUT2D eigenvalue weighted by Crippen LogP contribution is 2.27. The summed E-state index contributed by atoms with van der Waals surface area (Å²) < 4.78 is 41.0. The fourth-order valence-corrected chi connectivity index (χ4v) is 5.51. The van der Waals surface area contributed by atoms with Crippen LogP contribution in [0.3, 0.4) is 0 Å². The summed E-state index contributed by atoms with van der Waals surface area (Å²) in [6.45, 7) is 7.65. The summed E-state index contributed by atoms with van der Waals surface area (Å²) in [5.41, 5.74) is 0.913. The molecule has 0 aliphatic rings. The fraction of sp³-hybridized carbons (Fsp3) is 0.600. The van der Waals surface area contributed by atoms with Gasteiger partial charge >= 0.3 is 0 Å². The van der Waals surface area contributed by atoms with Gasteiger partial charge in [-0.25, -0.2) is 12.8 Å². The van der Waals surface area contributed by atoms with Crippen LogP contribution in [0.2, 0.25) is 0 Å². The predicted octanol–water partition coefficient (Wildman–Crippen LogP) is 4.02. The molecule has 0 aliphatic heterocycles. The number of hydrogen-bond acceptors (Lipinski definition) is 2. The highest BCUT2D eigenvalue weighted by atomic mass is 79.9. The van der Waals surface area contributed by atoms with Crippen molar-refractivity contribution in [2.75, 3.05) is 11.9 Å². The molecule has 1 aromatic rings. The number of nitrogens with zero attached hydrogens (tertiary/aromatic N) is 1. The molecule has 0 fully saturated rings. The van der Waals surface area contributed by atoms with Gasteiger partial charge in [0.1, 0.15) is 5.82 Å². The highest BCUT2D eigenvalue weighted by molar-refractivity contribution is 9.09. The normalized spacial score (nSPS) is 12.4. The summed E-state index contributed by atoms with van der Waals surface area (Å²) in [6, 6.07) is 2.51. The zero-order chi connectivity index (χ0) is 16.2. The third-order valence-corrected chi connectivity index (χ3v) is 6.26. The van der Waals surface area contributed by atoms with Gasteiger partial charge in [-0.05, 0) is 49.9 Å². The van der Waals surface area contributed by atoms with Gasteiger partial charge in [0.05, 0.1) is 4.90 Å². The lowest BCUT2D eigenvalue weighted by molar-refractivity contribution is 0.317. The molecule has 6 heteroatoms. The molecule has 0 N–H and O–H groups in total. The van der Waals surface area contributed by atoms with E-state index in [2.05, 4.69) is 15.9 Å². The van der Waals surface area contributed by atoms with Crippen LogP contribution in [-0.4, -0.2) is 30.6 Å². The van der Waals surface area contributed by atoms with Crippen molar-refractivity contribution in [3.63, 3.8) is 0 Å². The van der Waals surface area contributed by atoms with Gasteiger partial charge in [0, 0.05) is 17.9 Å². The molecule has 0 radical (unpaired) electrons. The van der Waals surface area contributed by atoms with Gasteiger partial charge < -0.3 is 0 Å². The summed E-state index contributed by atoms with van der Waals surface area (Å²) in [4.78, 5) is 0.233. The Morgan fingerprint density at radius 2 is 1.67 bits per heavy atom. The van der Waals surface area contributed by atoms with E-state index in [1.165, 1.54) is 16.4 Å². The van der Waals surface area contributed by atoms with Gasteiger partial charge in [-0.2, -0.15) is 4.31 Å². The largest absolute Gasteiger partial charge is 0.243 e. The van der Waals surface area contributed by atoms with Gasteiger partial charge in [0.25, 0.3) is 0 Å². The van der Waals surface area contributed by atoms with E-state index in [1.54, 1.807) is 13.8 Å². The number of halogens is 2. The maximum atomic E-state index is 13.4. The average Bonchev–Trinajstić information content (AvgIpc) is 2.37. The van der Waals surface area contributed by atoms with E-state index >= 15 is 0 Å². The highest BCUT2D eigenvalue weighted by Gasteiger charge is 2.31. The fourth-order valence-electron chi connectivity index (χ4n) is 2.70. The molecule has 0 heterocycles. The van der Waals surface area contributed by atoms with Crippen molar-refractivity contribution in [3.05, 3.63) is 29.1 Å². The first-order chi connectivity index (χ1) is 9.79. The first kappa shape index (κ1) is 18.6. The Morgan fingerprint density at radius 3 is 2.05 bits per heavy atom. The van der Waals surface area contributed by atoms with Crippen LogP contribution in [0.15, 0.2) is 17.0 Å². The van der Waals surface area contributed by atoms with E-state index in [-0.39, 0.29) is 10.9 Å². The SMILES string of the molecule is CCC(CC)N(CCBr)S(=O)(=O)c1c(C)cc(F)cc1C. The third kappa shape index (κ3) is 4.05. The molecular weight excluding hydrogens is 357 g/mol. The van der Waals surface area contributed by atoms with Crippen molar-refractivity contribution in [2.24, 2.45) is 0 Å². The Balaban J connectivity index is 3.43. The van der Waals surface area contributed by atoms with Crippen molar-refractivity contribution in [1.82, 2.24) is 4.31 Å². The van der Waals surface area contributed by atoms with E-state index in [0.29, 0.717) is 23.0 Å². The van der Waals surface area contributed by atoms with E-state index in [4.69, 9.17) is 0 Å². The number of alkyl halides is 1. The molecule has 1 aromatic carbocycles. The first-order valence-electron chi connectivity index (χ1n) is 7.14. The Bertz CT molecular complexity index is 562. The molecule has 21 heavy (non-hydrogen) atoms. The number of rotatable bonds is 7. The zero-order valence-electron chi connectivity index (χ0n) is 13.0. The van der Waals surface area contributed by atoms with Crippen LogP contribution in [0.25, 0.3) is 0 Å². The zero-order valence-corrected chi connectivity index (χ0v) is 15.4. The molecule has 0 bridgehead atoms. The summed E-state index contributed by atoms with van der Waals surface area (Å²) in [5, 5.41) is 0.571. The van der Waals surface area contributed by atoms with Crippen molar-refractivity contribution < 1.29 is 12.8 Å². The molecule has 0 aromatic heterocycles. The van der Waals surface area contributed by atoms with Crippen LogP contribution >= 0.6 is 15.9 Å². The lowest BCUT2D eigenvalue weighted by Gasteiger charge is -2.30. The van der Waals surface area contributed by atoms with Crippen molar-refractivity contribution in [2.45, 2.75) is 51.5 Å². The number of hydrogen-bond donors (Lipinski definition) is 0. The molecule has 0 spiro atoms. The van der Waals surface area contributed by atoms with E-state index in [0.717, 1.165) is 12.8 Å². The summed E-state index contributed by atoms with van der Waals surface area (Å²) in [7, 11) is -3.63. The maximum absolute atomic E-state index is 13.4. The van der Waals surface area contributed by atoms with Gasteiger partial charge in [0.2, 0.25) is 10.0 Å². The summed E-state index contributed by atoms with van der Waals surface area (Å²) >= 11 is 3.32. The smallest absolute Gasteiger partial charge is 0.207 e. The van der Waals surface area contributed by atoms with Crippen LogP contribution in [0.1, 0.15) is 37.8 Å². The first-order valence-corrected chi connectivity index (χ1v) is 9.70. The standard InChI is InChI=1S/C15H23BrFNO2S/c1-5-14(6-2)18(8-7-16)21(19,20)15-11(3)9-13(17)10-12(15)4/h9-10,14H,5-8H2,1-4H3. The number of benzene rings is 1. The topological polar surface area (TPSA) is 37.4 Å². The Labute approximate surface area is 135 Å². The minimum atomic E-state index is -3.63. The summed E-state index contributed by atoms with van der Waals surface area (Å²) in [5.74, 6) is -0.404. The van der Waals surface area contributed by atoms with Gasteiger partial charge in [-0.3, -0.25) is 0 Å². The van der Waals surface area contributed by atoms with Crippen molar-refractivity contribution in [3.8, 4) is 0 Å². The monoisotopic (exact) mass is 379 g/mol. The van der Waals surface area contributed by atoms with E-state index < -0.39 is 15.8 Å². The van der Waals surface area contributed by atoms with Crippen LogP contribution in [0, 0.1) is 19.7 Å². The molecule has 0 saturated carbocycles. The van der Waals surface area contributed by atoms with Crippen LogP contribution in [-0.2, 0) is 10.0 Å². The van der Waals surface area contributed by atoms with Crippen LogP contribution < -0.4 is 0 Å². The number of sulfonamides is 1. The number of aryl methyl sites for hydroxylation is 2. The second-order valence-corrected chi connectivity index (χ2v) is 7.76. The summed E-state index contributed by atoms with van der Waals surface area (Å²) in [6.07, 6.45) is 1.50. The lowest BCUT2D eigenvalue weighted by atomic mass is 10.1. The Hall–Kier alpha value is -0.460. The Kier molecular flexibility index (Phi) is 6.81. The van der Waals surface area contributed by atoms with E-state index in [9.17, 15) is 12.8 Å². The van der Waals surface area contributed by atoms with E-state index in [1.807, 2.05) is 13.8 Å². The van der Waals surface area contributed by atoms with Crippen LogP contribution in [0.4, 0.5) is 4.39 Å². The van der Waals surface area contributed by atoms with Crippen LogP contribution in [0.5, 0.6) is 0 Å². The molecular formula is C15H23BrFNO2S. The quantitative estimate of drug-likeness (QED) is 0.670. The second-order valence-electron chi connectivity index (χ2n) is 5.14. The minimum absolute atomic E-state index is 0.0450. The third-order valence-electron chi connectivity index (χ3n) is 3.65. The molecule has 120 valence electrons. The molecule has 0 amide bonds. The maximum Gasteiger partial charge on any atom is 0.243 e. The predicted molar refractivity (Wildman–Crippen MR) is 87.9 cm³/mol. The minimum Gasteiger partial charge on any atom is -0.207 e. The molecule has 3 nitrogen and oxygen atoms in total.